The molecule has 1 saturated heterocycles. The van der Waals surface area contributed by atoms with Crippen LogP contribution in [0.2, 0.25) is 0 Å². The van der Waals surface area contributed by atoms with Crippen molar-refractivity contribution in [1.82, 2.24) is 0 Å². The van der Waals surface area contributed by atoms with Gasteiger partial charge in [-0.15, -0.1) is 0 Å². The Morgan fingerprint density at radius 2 is 1.06 bits per heavy atom. The Balaban J connectivity index is 0.000000410. The largest absolute Gasteiger partial charge is 0.460 e. The van der Waals surface area contributed by atoms with E-state index in [0.717, 1.165) is 71.9 Å². The number of halogens is 7. The minimum absolute atomic E-state index is 0.0169. The van der Waals surface area contributed by atoms with E-state index in [9.17, 15) is 62.0 Å². The molecule has 0 bridgehead atoms. The number of nitrogens with zero attached hydrogens (tertiary/aromatic N) is 2. The lowest BCUT2D eigenvalue weighted by atomic mass is 9.93. The Morgan fingerprint density at radius 1 is 0.553 bits per heavy atom. The first kappa shape index (κ1) is 90.7. The van der Waals surface area contributed by atoms with Crippen molar-refractivity contribution in [3.8, 4) is 0 Å². The second-order valence-corrected chi connectivity index (χ2v) is 32.5. The lowest BCUT2D eigenvalue weighted by Gasteiger charge is -2.20. The molecule has 4 N–H and O–H groups in total. The second kappa shape index (κ2) is 41.2. The van der Waals surface area contributed by atoms with Gasteiger partial charge in [-0.3, -0.25) is 14.4 Å². The summed E-state index contributed by atoms with van der Waals surface area (Å²) < 4.78 is 141. The quantitative estimate of drug-likeness (QED) is 0.0539. The van der Waals surface area contributed by atoms with Crippen LogP contribution in [0.1, 0.15) is 262 Å². The molecule has 7 aromatic carbocycles. The van der Waals surface area contributed by atoms with Gasteiger partial charge >= 0.3 is 12.1 Å². The van der Waals surface area contributed by atoms with Crippen LogP contribution < -0.4 is 16.4 Å². The molecule has 7 aromatic rings. The van der Waals surface area contributed by atoms with Crippen molar-refractivity contribution in [2.75, 3.05) is 30.0 Å². The number of anilines is 1. The number of hydrogen-bond acceptors (Lipinski definition) is 9. The third-order valence-corrected chi connectivity index (χ3v) is 19.0. The first-order valence-electron chi connectivity index (χ1n) is 34.5. The standard InChI is InChI=1S/C17H26O2.C13H18FN.C11H10F3N.C11H16O2S.2C10H12FNO.C10H13FO2S/c1-12(2)15-11-13(3)7-8-14(15)9-10-16(18)19-17(4,5)6;1-10(2)11-7-12(14)9-13(8-11)15-5-3-4-6-15;1-7(2)9-5-4-8(11(12,13)14)6-10(9)15-3;1-4-14(12,13)11-8-6-5-7-10(11)9(2)3;1-6(2)7-3-8(10(12)13)5-9(11)4-7;1-6(2)8-4-3-7(11)5-9(8)10(12)13;1-7(2)8-5-4-6-9(10(8)11)14(3,12)13/h7-8,11-12H,9-10H2,1-6H3;7-10H,3-6H2,1-2H3;4-7H,1-2H3;5-9H,4H2,1-3H3;2*3-6H,1-2H3,(H2,12,13);4-7H,1-3H3. The zero-order chi connectivity index (χ0) is 78.8. The lowest BCUT2D eigenvalue weighted by Crippen LogP contribution is -2.24. The van der Waals surface area contributed by atoms with Crippen molar-refractivity contribution >= 4 is 48.8 Å². The maximum absolute atomic E-state index is 13.6. The predicted molar refractivity (Wildman–Crippen MR) is 403 cm³/mol. The highest BCUT2D eigenvalue weighted by atomic mass is 32.2. The number of aryl methyl sites for hydroxylation is 2. The molecule has 1 heterocycles. The van der Waals surface area contributed by atoms with Gasteiger partial charge in [0.05, 0.1) is 17.2 Å². The highest BCUT2D eigenvalue weighted by Gasteiger charge is 2.31. The van der Waals surface area contributed by atoms with Gasteiger partial charge in [-0.05, 0) is 200 Å². The third kappa shape index (κ3) is 30.9. The second-order valence-electron chi connectivity index (χ2n) is 28.3. The average molecular weight is 1470 g/mol. The molecular weight excluding hydrogens is 1370 g/mol. The SMILES string of the molecule is CC(C)c1cc(F)cc(C(N)=O)c1.CC(C)c1cc(F)cc(N2CCCC2)c1.CC(C)c1ccc(F)cc1C(N)=O.CC(C)c1cccc(S(C)(=O)=O)c1F.CCS(=O)(=O)c1ccccc1C(C)C.Cc1ccc(CCC(=O)OC(C)(C)C)c(C(C)C)c1.[C-]#[N+]c1cc(C(F)(F)F)ccc1C(C)C. The molecule has 1 aliphatic heterocycles. The van der Waals surface area contributed by atoms with Gasteiger partial charge in [0, 0.05) is 48.1 Å². The van der Waals surface area contributed by atoms with Crippen LogP contribution in [0.5, 0.6) is 0 Å². The molecule has 0 spiro atoms. The Morgan fingerprint density at radius 3 is 1.53 bits per heavy atom. The molecule has 0 unspecified atom stereocenters. The zero-order valence-corrected chi connectivity index (χ0v) is 65.1. The fraction of sp³-hybridized carbons (Fsp3) is 0.439. The number of rotatable bonds is 16. The van der Waals surface area contributed by atoms with Crippen molar-refractivity contribution in [1.29, 1.82) is 0 Å². The molecule has 0 atom stereocenters. The van der Waals surface area contributed by atoms with E-state index in [-0.39, 0.29) is 68.8 Å². The number of carbonyl (C=O) groups excluding carboxylic acids is 3. The van der Waals surface area contributed by atoms with Crippen LogP contribution in [-0.4, -0.2) is 65.3 Å². The molecule has 0 aromatic heterocycles. The fourth-order valence-corrected chi connectivity index (χ4v) is 12.5. The molecule has 0 saturated carbocycles. The summed E-state index contributed by atoms with van der Waals surface area (Å²) >= 11 is 0. The monoisotopic (exact) mass is 1470 g/mol. The summed E-state index contributed by atoms with van der Waals surface area (Å²) in [4.78, 5) is 39.1. The first-order valence-corrected chi connectivity index (χ1v) is 38.1. The topological polar surface area (TPSA) is 188 Å². The normalized spacial score (nSPS) is 12.1. The van der Waals surface area contributed by atoms with E-state index in [4.69, 9.17) is 22.8 Å². The Bertz CT molecular complexity index is 4210. The fourth-order valence-electron chi connectivity index (χ4n) is 10.5. The van der Waals surface area contributed by atoms with Crippen LogP contribution in [0.4, 0.5) is 42.1 Å². The summed E-state index contributed by atoms with van der Waals surface area (Å²) in [6.07, 6.45) is 0.286. The van der Waals surface area contributed by atoms with Gasteiger partial charge < -0.3 is 21.1 Å². The zero-order valence-electron chi connectivity index (χ0n) is 63.5. The number of hydrogen-bond donors (Lipinski definition) is 2. The van der Waals surface area contributed by atoms with Crippen LogP contribution in [-0.2, 0) is 41.8 Å². The van der Waals surface area contributed by atoms with Crippen molar-refractivity contribution in [2.45, 2.75) is 220 Å². The van der Waals surface area contributed by atoms with Gasteiger partial charge in [0.2, 0.25) is 11.8 Å². The molecular formula is C82H107F7N4O8S2. The molecule has 21 heteroatoms. The van der Waals surface area contributed by atoms with E-state index < -0.39 is 66.3 Å². The van der Waals surface area contributed by atoms with E-state index in [1.54, 1.807) is 55.5 Å². The number of amides is 2. The van der Waals surface area contributed by atoms with Gasteiger partial charge in [0.15, 0.2) is 25.4 Å². The molecule has 103 heavy (non-hydrogen) atoms. The molecule has 8 rings (SSSR count). The summed E-state index contributed by atoms with van der Waals surface area (Å²) in [5.41, 5.74) is 19.2. The van der Waals surface area contributed by atoms with Crippen LogP contribution in [0.15, 0.2) is 143 Å². The van der Waals surface area contributed by atoms with E-state index in [1.165, 1.54) is 59.9 Å². The first-order chi connectivity index (χ1) is 47.6. The maximum atomic E-state index is 13.6. The molecule has 1 fully saturated rings. The summed E-state index contributed by atoms with van der Waals surface area (Å²) in [5.74, 6) is -1.21. The smallest absolute Gasteiger partial charge is 0.415 e. The highest BCUT2D eigenvalue weighted by molar-refractivity contribution is 7.91. The Labute approximate surface area is 608 Å². The average Bonchev–Trinajstić information content (AvgIpc) is 1.85. The van der Waals surface area contributed by atoms with Crippen LogP contribution in [0.3, 0.4) is 0 Å². The minimum Gasteiger partial charge on any atom is -0.460 e. The lowest BCUT2D eigenvalue weighted by molar-refractivity contribution is -0.154. The molecule has 0 aliphatic carbocycles. The molecule has 12 nitrogen and oxygen atoms in total. The Kier molecular flexibility index (Phi) is 36.3. The summed E-state index contributed by atoms with van der Waals surface area (Å²) in [6.45, 7) is 46.1. The number of sulfone groups is 2. The van der Waals surface area contributed by atoms with Crippen LogP contribution >= 0.6 is 0 Å². The van der Waals surface area contributed by atoms with Gasteiger partial charge in [0.25, 0.3) is 0 Å². The third-order valence-electron chi connectivity index (χ3n) is 16.1. The summed E-state index contributed by atoms with van der Waals surface area (Å²) in [7, 11) is -6.54. The van der Waals surface area contributed by atoms with E-state index in [2.05, 4.69) is 68.6 Å². The van der Waals surface area contributed by atoms with Crippen LogP contribution in [0, 0.1) is 36.8 Å². The van der Waals surface area contributed by atoms with Gasteiger partial charge in [-0.25, -0.2) is 39.2 Å². The van der Waals surface area contributed by atoms with Gasteiger partial charge in [-0.2, -0.15) is 13.2 Å². The Hall–Kier alpha value is -8.35. The number of primary amides is 2. The van der Waals surface area contributed by atoms with Crippen molar-refractivity contribution < 1.29 is 66.7 Å². The predicted octanol–water partition coefficient (Wildman–Crippen LogP) is 21.4. The molecule has 2 amide bonds. The van der Waals surface area contributed by atoms with Crippen molar-refractivity contribution in [2.24, 2.45) is 11.5 Å². The molecule has 1 aliphatic rings. The number of esters is 1. The molecule has 0 radical (unpaired) electrons. The van der Waals surface area contributed by atoms with Crippen LogP contribution in [0.25, 0.3) is 4.85 Å². The number of benzene rings is 7. The van der Waals surface area contributed by atoms with E-state index in [1.807, 2.05) is 102 Å². The molecule has 564 valence electrons. The van der Waals surface area contributed by atoms with Gasteiger partial charge in [-0.1, -0.05) is 176 Å². The van der Waals surface area contributed by atoms with Gasteiger partial charge in [0.1, 0.15) is 33.8 Å². The van der Waals surface area contributed by atoms with E-state index in [0.29, 0.717) is 34.3 Å². The number of nitrogens with two attached hydrogens (primary N) is 2. The van der Waals surface area contributed by atoms with E-state index >= 15 is 0 Å². The van der Waals surface area contributed by atoms with Crippen molar-refractivity contribution in [3.05, 3.63) is 235 Å². The maximum Gasteiger partial charge on any atom is 0.415 e. The number of ether oxygens (including phenoxy) is 1. The number of alkyl halides is 3. The van der Waals surface area contributed by atoms with Crippen molar-refractivity contribution in [3.63, 3.8) is 0 Å². The number of carbonyl (C=O) groups is 3. The summed E-state index contributed by atoms with van der Waals surface area (Å²) in [5, 5.41) is 0. The minimum atomic E-state index is -4.38. The summed E-state index contributed by atoms with van der Waals surface area (Å²) in [6, 6.07) is 35.1. The highest BCUT2D eigenvalue weighted by Crippen LogP contribution is 2.36.